The number of likely N-dealkylation sites (tertiary alicyclic amines) is 1. The van der Waals surface area contributed by atoms with Crippen LogP contribution in [0.15, 0.2) is 10.6 Å². The lowest BCUT2D eigenvalue weighted by molar-refractivity contribution is 0.0199. The van der Waals surface area contributed by atoms with Crippen molar-refractivity contribution in [2.24, 2.45) is 0 Å². The molecule has 106 valence electrons. The number of amides is 1. The van der Waals surface area contributed by atoms with Crippen molar-refractivity contribution < 1.29 is 14.1 Å². The van der Waals surface area contributed by atoms with Gasteiger partial charge in [0.1, 0.15) is 11.4 Å². The summed E-state index contributed by atoms with van der Waals surface area (Å²) in [7, 11) is 0. The molecule has 1 saturated heterocycles. The molecule has 0 radical (unpaired) electrons. The zero-order valence-electron chi connectivity index (χ0n) is 11.7. The maximum Gasteiger partial charge on any atom is 0.410 e. The highest BCUT2D eigenvalue weighted by Crippen LogP contribution is 2.29. The minimum atomic E-state index is -0.451. The van der Waals surface area contributed by atoms with Crippen LogP contribution in [0, 0.1) is 0 Å². The topological polar surface area (TPSA) is 81.6 Å². The van der Waals surface area contributed by atoms with Crippen LogP contribution in [0.1, 0.15) is 45.3 Å². The Morgan fingerprint density at radius 1 is 1.47 bits per heavy atom. The second-order valence-electron chi connectivity index (χ2n) is 5.90. The molecule has 0 aromatic carbocycles. The van der Waals surface area contributed by atoms with Gasteiger partial charge in [-0.15, -0.1) is 0 Å². The number of hydrogen-bond acceptors (Lipinski definition) is 5. The molecular formula is C13H21N3O3. The summed E-state index contributed by atoms with van der Waals surface area (Å²) in [6.45, 7) is 6.94. The molecule has 1 aromatic heterocycles. The molecule has 1 aromatic rings. The van der Waals surface area contributed by atoms with Crippen molar-refractivity contribution in [2.75, 3.05) is 18.8 Å². The van der Waals surface area contributed by atoms with Gasteiger partial charge in [0.2, 0.25) is 0 Å². The summed E-state index contributed by atoms with van der Waals surface area (Å²) in [6, 6.07) is 1.76. The third-order valence-corrected chi connectivity index (χ3v) is 3.10. The van der Waals surface area contributed by atoms with Crippen molar-refractivity contribution in [3.05, 3.63) is 11.8 Å². The summed E-state index contributed by atoms with van der Waals surface area (Å²) < 4.78 is 10.5. The summed E-state index contributed by atoms with van der Waals surface area (Å²) in [5, 5.41) is 3.69. The van der Waals surface area contributed by atoms with E-state index in [-0.39, 0.29) is 12.0 Å². The number of ether oxygens (including phenoxy) is 1. The number of hydrogen-bond donors (Lipinski definition) is 1. The SMILES string of the molecule is CC(C)(C)OC(=O)N1CCC(c2cc(N)no2)CC1. The molecule has 1 aliphatic rings. The fourth-order valence-electron chi connectivity index (χ4n) is 2.17. The molecule has 0 aliphatic carbocycles. The predicted octanol–water partition coefficient (Wildman–Crippen LogP) is 2.37. The standard InChI is InChI=1S/C13H21N3O3/c1-13(2,3)18-12(17)16-6-4-9(5-7-16)10-8-11(14)15-19-10/h8-9H,4-7H2,1-3H3,(H2,14,15). The van der Waals surface area contributed by atoms with E-state index in [0.29, 0.717) is 18.9 Å². The zero-order valence-corrected chi connectivity index (χ0v) is 11.7. The minimum Gasteiger partial charge on any atom is -0.444 e. The van der Waals surface area contributed by atoms with E-state index in [1.807, 2.05) is 20.8 Å². The number of nitrogen functional groups attached to an aromatic ring is 1. The van der Waals surface area contributed by atoms with Crippen molar-refractivity contribution in [2.45, 2.75) is 45.1 Å². The summed E-state index contributed by atoms with van der Waals surface area (Å²) >= 11 is 0. The molecule has 2 rings (SSSR count). The zero-order chi connectivity index (χ0) is 14.0. The van der Waals surface area contributed by atoms with E-state index in [4.69, 9.17) is 15.0 Å². The van der Waals surface area contributed by atoms with Crippen LogP contribution < -0.4 is 5.73 Å². The van der Waals surface area contributed by atoms with Gasteiger partial charge in [0.25, 0.3) is 0 Å². The number of anilines is 1. The minimum absolute atomic E-state index is 0.247. The quantitative estimate of drug-likeness (QED) is 0.844. The highest BCUT2D eigenvalue weighted by Gasteiger charge is 2.28. The van der Waals surface area contributed by atoms with Crippen LogP contribution in [0.4, 0.5) is 10.6 Å². The van der Waals surface area contributed by atoms with Crippen LogP contribution in [0.25, 0.3) is 0 Å². The Labute approximate surface area is 112 Å². The first kappa shape index (κ1) is 13.7. The average molecular weight is 267 g/mol. The third-order valence-electron chi connectivity index (χ3n) is 3.10. The molecule has 0 atom stereocenters. The first-order valence-electron chi connectivity index (χ1n) is 6.55. The first-order valence-corrected chi connectivity index (χ1v) is 6.55. The number of nitrogens with zero attached hydrogens (tertiary/aromatic N) is 2. The lowest BCUT2D eigenvalue weighted by Crippen LogP contribution is -2.41. The van der Waals surface area contributed by atoms with E-state index in [2.05, 4.69) is 5.16 Å². The smallest absolute Gasteiger partial charge is 0.410 e. The monoisotopic (exact) mass is 267 g/mol. The second-order valence-corrected chi connectivity index (χ2v) is 5.90. The molecule has 1 amide bonds. The maximum absolute atomic E-state index is 11.9. The number of rotatable bonds is 1. The van der Waals surface area contributed by atoms with E-state index in [1.54, 1.807) is 11.0 Å². The van der Waals surface area contributed by atoms with Crippen molar-refractivity contribution in [3.8, 4) is 0 Å². The highest BCUT2D eigenvalue weighted by atomic mass is 16.6. The van der Waals surface area contributed by atoms with Gasteiger partial charge in [0.15, 0.2) is 5.82 Å². The van der Waals surface area contributed by atoms with E-state index in [9.17, 15) is 4.79 Å². The Morgan fingerprint density at radius 3 is 2.58 bits per heavy atom. The Bertz CT molecular complexity index is 442. The lowest BCUT2D eigenvalue weighted by Gasteiger charge is -2.32. The summed E-state index contributed by atoms with van der Waals surface area (Å²) in [5.74, 6) is 1.49. The highest BCUT2D eigenvalue weighted by molar-refractivity contribution is 5.68. The Hall–Kier alpha value is -1.72. The Morgan fingerprint density at radius 2 is 2.11 bits per heavy atom. The molecule has 2 heterocycles. The summed E-state index contributed by atoms with van der Waals surface area (Å²) in [6.07, 6.45) is 1.44. The number of carbonyl (C=O) groups is 1. The number of carbonyl (C=O) groups excluding carboxylic acids is 1. The molecule has 1 fully saturated rings. The maximum atomic E-state index is 11.9. The molecule has 0 saturated carbocycles. The van der Waals surface area contributed by atoms with Gasteiger partial charge in [-0.1, -0.05) is 5.16 Å². The number of nitrogens with two attached hydrogens (primary N) is 1. The molecule has 1 aliphatic heterocycles. The van der Waals surface area contributed by atoms with Gasteiger partial charge in [-0.2, -0.15) is 0 Å². The third kappa shape index (κ3) is 3.62. The van der Waals surface area contributed by atoms with E-state index < -0.39 is 5.60 Å². The fourth-order valence-corrected chi connectivity index (χ4v) is 2.17. The largest absolute Gasteiger partial charge is 0.444 e. The summed E-state index contributed by atoms with van der Waals surface area (Å²) in [5.41, 5.74) is 5.09. The van der Waals surface area contributed by atoms with Crippen LogP contribution in [0.3, 0.4) is 0 Å². The fraction of sp³-hybridized carbons (Fsp3) is 0.692. The summed E-state index contributed by atoms with van der Waals surface area (Å²) in [4.78, 5) is 13.6. The normalized spacial score (nSPS) is 17.5. The van der Waals surface area contributed by atoms with Crippen molar-refractivity contribution in [1.82, 2.24) is 10.1 Å². The van der Waals surface area contributed by atoms with Gasteiger partial charge in [-0.3, -0.25) is 0 Å². The number of aromatic nitrogens is 1. The molecule has 0 spiro atoms. The van der Waals surface area contributed by atoms with Crippen LogP contribution in [-0.2, 0) is 4.74 Å². The Kier molecular flexibility index (Phi) is 3.68. The van der Waals surface area contributed by atoms with Crippen LogP contribution in [0.5, 0.6) is 0 Å². The van der Waals surface area contributed by atoms with E-state index >= 15 is 0 Å². The van der Waals surface area contributed by atoms with Gasteiger partial charge in [-0.25, -0.2) is 4.79 Å². The van der Waals surface area contributed by atoms with Gasteiger partial charge < -0.3 is 19.9 Å². The van der Waals surface area contributed by atoms with Crippen LogP contribution >= 0.6 is 0 Å². The van der Waals surface area contributed by atoms with Gasteiger partial charge in [-0.05, 0) is 33.6 Å². The van der Waals surface area contributed by atoms with Crippen LogP contribution in [0.2, 0.25) is 0 Å². The van der Waals surface area contributed by atoms with E-state index in [1.165, 1.54) is 0 Å². The predicted molar refractivity (Wildman–Crippen MR) is 70.7 cm³/mol. The second kappa shape index (κ2) is 5.11. The van der Waals surface area contributed by atoms with Crippen LogP contribution in [-0.4, -0.2) is 34.8 Å². The first-order chi connectivity index (χ1) is 8.85. The van der Waals surface area contributed by atoms with E-state index in [0.717, 1.165) is 18.6 Å². The molecule has 6 nitrogen and oxygen atoms in total. The molecule has 0 bridgehead atoms. The molecule has 2 N–H and O–H groups in total. The molecule has 19 heavy (non-hydrogen) atoms. The molecule has 6 heteroatoms. The van der Waals surface area contributed by atoms with Crippen molar-refractivity contribution in [1.29, 1.82) is 0 Å². The number of piperidine rings is 1. The molecular weight excluding hydrogens is 246 g/mol. The average Bonchev–Trinajstić information content (AvgIpc) is 2.74. The van der Waals surface area contributed by atoms with Gasteiger partial charge in [0.05, 0.1) is 0 Å². The molecule has 0 unspecified atom stereocenters. The Balaban J connectivity index is 1.87. The van der Waals surface area contributed by atoms with Gasteiger partial charge >= 0.3 is 6.09 Å². The van der Waals surface area contributed by atoms with Crippen molar-refractivity contribution in [3.63, 3.8) is 0 Å². The van der Waals surface area contributed by atoms with Gasteiger partial charge in [0, 0.05) is 25.1 Å². The lowest BCUT2D eigenvalue weighted by atomic mass is 9.94. The van der Waals surface area contributed by atoms with Crippen molar-refractivity contribution >= 4 is 11.9 Å².